The van der Waals surface area contributed by atoms with Gasteiger partial charge in [-0.3, -0.25) is 4.79 Å². The Hall–Kier alpha value is -1.58. The number of rotatable bonds is 8. The van der Waals surface area contributed by atoms with Crippen LogP contribution in [0, 0.1) is 0 Å². The minimum Gasteiger partial charge on any atom is -0.304 e. The van der Waals surface area contributed by atoms with E-state index in [1.807, 2.05) is 60.7 Å². The first-order valence-corrected chi connectivity index (χ1v) is 8.66. The van der Waals surface area contributed by atoms with Crippen molar-refractivity contribution in [1.29, 1.82) is 0 Å². The second-order valence-electron chi connectivity index (χ2n) is 5.72. The van der Waals surface area contributed by atoms with E-state index in [0.29, 0.717) is 0 Å². The number of hydrogen-bond acceptors (Lipinski definition) is 2. The first kappa shape index (κ1) is 17.8. The highest BCUT2D eigenvalue weighted by atomic mass is 32.1. The summed E-state index contributed by atoms with van der Waals surface area (Å²) in [4.78, 5) is 15.0. The molecule has 0 aromatic heterocycles. The Bertz CT molecular complexity index is 569. The molecule has 23 heavy (non-hydrogen) atoms. The lowest BCUT2D eigenvalue weighted by molar-refractivity contribution is -0.114. The topological polar surface area (TPSA) is 20.3 Å². The van der Waals surface area contributed by atoms with Crippen LogP contribution >= 0.6 is 12.6 Å². The molecule has 0 saturated heterocycles. The lowest BCUT2D eigenvalue weighted by Crippen LogP contribution is -2.39. The Kier molecular flexibility index (Phi) is 6.43. The monoisotopic (exact) mass is 327 g/mol. The molecule has 0 atom stereocenters. The number of nitrogens with zero attached hydrogens (tertiary/aromatic N) is 1. The summed E-state index contributed by atoms with van der Waals surface area (Å²) in [5.74, 6) is 0. The zero-order chi connectivity index (χ0) is 16.7. The molecule has 122 valence electrons. The lowest BCUT2D eigenvalue weighted by Gasteiger charge is -2.34. The van der Waals surface area contributed by atoms with Gasteiger partial charge in [0, 0.05) is 0 Å². The number of carbonyl (C=O) groups excluding carboxylic acids is 1. The minimum atomic E-state index is -0.700. The quantitative estimate of drug-likeness (QED) is 0.735. The van der Waals surface area contributed by atoms with Gasteiger partial charge in [-0.15, -0.1) is 12.6 Å². The van der Waals surface area contributed by atoms with Crippen molar-refractivity contribution < 1.29 is 4.79 Å². The van der Waals surface area contributed by atoms with Gasteiger partial charge in [0.25, 0.3) is 0 Å². The molecule has 0 bridgehead atoms. The van der Waals surface area contributed by atoms with Crippen molar-refractivity contribution in [3.05, 3.63) is 71.8 Å². The van der Waals surface area contributed by atoms with Gasteiger partial charge < -0.3 is 4.90 Å². The van der Waals surface area contributed by atoms with E-state index in [2.05, 4.69) is 31.4 Å². The van der Waals surface area contributed by atoms with Crippen LogP contribution in [0.15, 0.2) is 60.7 Å². The van der Waals surface area contributed by atoms with Gasteiger partial charge in [-0.25, -0.2) is 0 Å². The Morgan fingerprint density at radius 3 is 1.70 bits per heavy atom. The van der Waals surface area contributed by atoms with Crippen molar-refractivity contribution in [2.75, 3.05) is 19.6 Å². The summed E-state index contributed by atoms with van der Waals surface area (Å²) in [6.07, 6.45) is 0.727. The second-order valence-corrected chi connectivity index (χ2v) is 6.13. The molecular weight excluding hydrogens is 302 g/mol. The molecule has 0 unspecified atom stereocenters. The highest BCUT2D eigenvalue weighted by Crippen LogP contribution is 2.38. The fourth-order valence-electron chi connectivity index (χ4n) is 3.12. The Labute approximate surface area is 144 Å². The van der Waals surface area contributed by atoms with E-state index in [1.54, 1.807) is 0 Å². The zero-order valence-corrected chi connectivity index (χ0v) is 14.8. The fraction of sp³-hybridized carbons (Fsp3) is 0.350. The van der Waals surface area contributed by atoms with Crippen molar-refractivity contribution in [1.82, 2.24) is 4.90 Å². The maximum absolute atomic E-state index is 12.7. The third kappa shape index (κ3) is 3.85. The predicted molar refractivity (Wildman–Crippen MR) is 100 cm³/mol. The SMILES string of the molecule is CCN(CC)CCC(C(=O)S)(c1ccccc1)c1ccccc1. The van der Waals surface area contributed by atoms with Gasteiger partial charge in [0.05, 0.1) is 5.41 Å². The van der Waals surface area contributed by atoms with Crippen LogP contribution in [0.5, 0.6) is 0 Å². The summed E-state index contributed by atoms with van der Waals surface area (Å²) in [7, 11) is 0. The second kappa shape index (κ2) is 8.32. The van der Waals surface area contributed by atoms with Crippen molar-refractivity contribution >= 4 is 17.7 Å². The van der Waals surface area contributed by atoms with Gasteiger partial charge in [-0.2, -0.15) is 0 Å². The van der Waals surface area contributed by atoms with Crippen molar-refractivity contribution in [3.63, 3.8) is 0 Å². The van der Waals surface area contributed by atoms with E-state index in [1.165, 1.54) is 0 Å². The Morgan fingerprint density at radius 1 is 0.913 bits per heavy atom. The van der Waals surface area contributed by atoms with Crippen LogP contribution < -0.4 is 0 Å². The minimum absolute atomic E-state index is 0.0953. The van der Waals surface area contributed by atoms with E-state index in [4.69, 9.17) is 0 Å². The third-order valence-electron chi connectivity index (χ3n) is 4.60. The first-order chi connectivity index (χ1) is 11.1. The molecule has 0 radical (unpaired) electrons. The maximum atomic E-state index is 12.7. The molecule has 0 N–H and O–H groups in total. The predicted octanol–water partition coefficient (Wildman–Crippen LogP) is 4.16. The standard InChI is InChI=1S/C20H25NOS/c1-3-21(4-2)16-15-20(19(22)23,17-11-7-5-8-12-17)18-13-9-6-10-14-18/h5-14H,3-4,15-16H2,1-2H3,(H,22,23). The summed E-state index contributed by atoms with van der Waals surface area (Å²) in [6.45, 7) is 7.13. The van der Waals surface area contributed by atoms with E-state index >= 15 is 0 Å². The summed E-state index contributed by atoms with van der Waals surface area (Å²) >= 11 is 4.31. The molecule has 0 aliphatic carbocycles. The third-order valence-corrected chi connectivity index (χ3v) is 4.98. The largest absolute Gasteiger partial charge is 0.304 e. The molecule has 2 aromatic carbocycles. The van der Waals surface area contributed by atoms with E-state index in [-0.39, 0.29) is 5.12 Å². The zero-order valence-electron chi connectivity index (χ0n) is 13.9. The van der Waals surface area contributed by atoms with Gasteiger partial charge in [0.2, 0.25) is 5.12 Å². The van der Waals surface area contributed by atoms with Crippen LogP contribution in [0.1, 0.15) is 31.4 Å². The molecule has 0 aliphatic rings. The fourth-order valence-corrected chi connectivity index (χ4v) is 3.49. The maximum Gasteiger partial charge on any atom is 0.200 e. The molecule has 3 heteroatoms. The van der Waals surface area contributed by atoms with Gasteiger partial charge in [-0.1, -0.05) is 74.5 Å². The van der Waals surface area contributed by atoms with Crippen LogP contribution in [0.3, 0.4) is 0 Å². The van der Waals surface area contributed by atoms with Crippen LogP contribution in [0.4, 0.5) is 0 Å². The van der Waals surface area contributed by atoms with Gasteiger partial charge in [-0.05, 0) is 37.2 Å². The molecule has 0 fully saturated rings. The molecule has 0 saturated carbocycles. The van der Waals surface area contributed by atoms with Crippen molar-refractivity contribution in [3.8, 4) is 0 Å². The Balaban J connectivity index is 2.50. The van der Waals surface area contributed by atoms with Gasteiger partial charge in [0.15, 0.2) is 0 Å². The van der Waals surface area contributed by atoms with Gasteiger partial charge in [0.1, 0.15) is 0 Å². The number of benzene rings is 2. The molecular formula is C20H25NOS. The van der Waals surface area contributed by atoms with Crippen LogP contribution in [-0.4, -0.2) is 29.6 Å². The van der Waals surface area contributed by atoms with E-state index < -0.39 is 5.41 Å². The van der Waals surface area contributed by atoms with Crippen LogP contribution in [-0.2, 0) is 10.2 Å². The number of thiol groups is 1. The average Bonchev–Trinajstić information content (AvgIpc) is 2.60. The molecule has 0 amide bonds. The van der Waals surface area contributed by atoms with Gasteiger partial charge >= 0.3 is 0 Å². The molecule has 0 aliphatic heterocycles. The highest BCUT2D eigenvalue weighted by molar-refractivity contribution is 7.96. The first-order valence-electron chi connectivity index (χ1n) is 8.22. The molecule has 2 rings (SSSR count). The smallest absolute Gasteiger partial charge is 0.200 e. The summed E-state index contributed by atoms with van der Waals surface area (Å²) in [5, 5.41) is -0.0953. The van der Waals surface area contributed by atoms with E-state index in [9.17, 15) is 4.79 Å². The lowest BCUT2D eigenvalue weighted by atomic mass is 9.73. The van der Waals surface area contributed by atoms with Crippen LogP contribution in [0.25, 0.3) is 0 Å². The molecule has 0 heterocycles. The van der Waals surface area contributed by atoms with Crippen molar-refractivity contribution in [2.45, 2.75) is 25.7 Å². The normalized spacial score (nSPS) is 11.7. The number of carbonyl (C=O) groups is 1. The Morgan fingerprint density at radius 2 is 1.35 bits per heavy atom. The number of hydrogen-bond donors (Lipinski definition) is 1. The average molecular weight is 327 g/mol. The summed E-state index contributed by atoms with van der Waals surface area (Å²) < 4.78 is 0. The summed E-state index contributed by atoms with van der Waals surface area (Å²) in [6, 6.07) is 20.0. The summed E-state index contributed by atoms with van der Waals surface area (Å²) in [5.41, 5.74) is 1.32. The van der Waals surface area contributed by atoms with E-state index in [0.717, 1.165) is 37.2 Å². The van der Waals surface area contributed by atoms with Crippen molar-refractivity contribution in [2.24, 2.45) is 0 Å². The molecule has 0 spiro atoms. The highest BCUT2D eigenvalue weighted by Gasteiger charge is 2.39. The van der Waals surface area contributed by atoms with Crippen LogP contribution in [0.2, 0.25) is 0 Å². The molecule has 2 aromatic rings. The molecule has 2 nitrogen and oxygen atoms in total.